The Hall–Kier alpha value is -2.97. The first-order valence-electron chi connectivity index (χ1n) is 11.0. The van der Waals surface area contributed by atoms with Crippen LogP contribution < -0.4 is 0 Å². The summed E-state index contributed by atoms with van der Waals surface area (Å²) in [6.07, 6.45) is 1.95. The van der Waals surface area contributed by atoms with E-state index in [1.165, 1.54) is 48.0 Å². The highest BCUT2D eigenvalue weighted by Gasteiger charge is 2.15. The Morgan fingerprint density at radius 2 is 1.52 bits per heavy atom. The summed E-state index contributed by atoms with van der Waals surface area (Å²) in [6.45, 7) is 9.05. The van der Waals surface area contributed by atoms with Crippen LogP contribution in [0.2, 0.25) is 0 Å². The quantitative estimate of drug-likeness (QED) is 0.282. The highest BCUT2D eigenvalue weighted by molar-refractivity contribution is 7.22. The van der Waals surface area contributed by atoms with Crippen LogP contribution in [0.1, 0.15) is 50.7 Å². The number of rotatable bonds is 4. The minimum atomic E-state index is 0.447. The fraction of sp³-hybridized carbons (Fsp3) is 0.207. The van der Waals surface area contributed by atoms with Gasteiger partial charge in [0, 0.05) is 26.7 Å². The molecule has 0 fully saturated rings. The van der Waals surface area contributed by atoms with Crippen LogP contribution in [0.3, 0.4) is 0 Å². The van der Waals surface area contributed by atoms with Crippen molar-refractivity contribution in [2.75, 3.05) is 0 Å². The van der Waals surface area contributed by atoms with E-state index < -0.39 is 0 Å². The highest BCUT2D eigenvalue weighted by Crippen LogP contribution is 2.41. The van der Waals surface area contributed by atoms with Crippen molar-refractivity contribution in [1.82, 2.24) is 4.98 Å². The van der Waals surface area contributed by atoms with Gasteiger partial charge in [-0.05, 0) is 63.6 Å². The Labute approximate surface area is 188 Å². The average Bonchev–Trinajstić information content (AvgIpc) is 3.22. The average molecular weight is 422 g/mol. The molecule has 0 bridgehead atoms. The molecule has 0 saturated heterocycles. The third kappa shape index (κ3) is 3.66. The van der Waals surface area contributed by atoms with Crippen molar-refractivity contribution < 1.29 is 0 Å². The normalized spacial score (nSPS) is 11.8. The van der Waals surface area contributed by atoms with E-state index in [1.54, 1.807) is 0 Å². The summed E-state index contributed by atoms with van der Waals surface area (Å²) in [7, 11) is 0. The van der Waals surface area contributed by atoms with Crippen LogP contribution in [0.25, 0.3) is 42.6 Å². The number of benzene rings is 3. The first-order chi connectivity index (χ1) is 15.0. The van der Waals surface area contributed by atoms with E-state index in [1.807, 2.05) is 17.5 Å². The van der Waals surface area contributed by atoms with Crippen LogP contribution in [-0.4, -0.2) is 4.98 Å². The van der Waals surface area contributed by atoms with Gasteiger partial charge in [-0.2, -0.15) is 0 Å². The van der Waals surface area contributed by atoms with Gasteiger partial charge in [-0.15, -0.1) is 11.3 Å². The molecule has 2 heteroatoms. The molecule has 0 amide bonds. The van der Waals surface area contributed by atoms with Crippen molar-refractivity contribution >= 4 is 32.2 Å². The molecular weight excluding hydrogens is 394 g/mol. The fourth-order valence-electron chi connectivity index (χ4n) is 4.31. The minimum absolute atomic E-state index is 0.447. The molecule has 0 aliphatic carbocycles. The lowest BCUT2D eigenvalue weighted by Crippen LogP contribution is -1.93. The van der Waals surface area contributed by atoms with Crippen molar-refractivity contribution in [3.05, 3.63) is 90.1 Å². The molecule has 0 radical (unpaired) electrons. The third-order valence-electron chi connectivity index (χ3n) is 6.08. The van der Waals surface area contributed by atoms with Gasteiger partial charge in [0.1, 0.15) is 0 Å². The number of fused-ring (bicyclic) bond motifs is 2. The van der Waals surface area contributed by atoms with Crippen LogP contribution in [0.5, 0.6) is 0 Å². The first kappa shape index (κ1) is 20.0. The molecule has 31 heavy (non-hydrogen) atoms. The largest absolute Gasteiger partial charge is 0.256 e. The van der Waals surface area contributed by atoms with Crippen LogP contribution in [0, 0.1) is 0 Å². The number of hydrogen-bond acceptors (Lipinski definition) is 2. The van der Waals surface area contributed by atoms with Crippen LogP contribution in [0.4, 0.5) is 0 Å². The molecule has 154 valence electrons. The molecule has 0 saturated carbocycles. The monoisotopic (exact) mass is 421 g/mol. The molecule has 5 aromatic rings. The number of pyridine rings is 1. The van der Waals surface area contributed by atoms with Gasteiger partial charge in [-0.25, -0.2) is 0 Å². The van der Waals surface area contributed by atoms with Crippen LogP contribution >= 0.6 is 11.3 Å². The summed E-state index contributed by atoms with van der Waals surface area (Å²) in [5.74, 6) is 0.968. The minimum Gasteiger partial charge on any atom is -0.256 e. The molecule has 1 nitrogen and oxygen atoms in total. The molecule has 0 unspecified atom stereocenters. The Bertz CT molecular complexity index is 1380. The van der Waals surface area contributed by atoms with Gasteiger partial charge in [0.15, 0.2) is 0 Å². The van der Waals surface area contributed by atoms with Gasteiger partial charge in [-0.3, -0.25) is 4.98 Å². The number of aromatic nitrogens is 1. The summed E-state index contributed by atoms with van der Waals surface area (Å²) < 4.78 is 1.33. The second-order valence-electron chi connectivity index (χ2n) is 8.90. The maximum Gasteiger partial charge on any atom is 0.0780 e. The van der Waals surface area contributed by atoms with E-state index in [9.17, 15) is 0 Å². The van der Waals surface area contributed by atoms with E-state index in [4.69, 9.17) is 4.98 Å². The van der Waals surface area contributed by atoms with Gasteiger partial charge >= 0.3 is 0 Å². The number of hydrogen-bond donors (Lipinski definition) is 0. The van der Waals surface area contributed by atoms with E-state index in [0.717, 1.165) is 5.69 Å². The number of nitrogens with zero attached hydrogens (tertiary/aromatic N) is 1. The molecule has 3 aromatic carbocycles. The molecule has 0 aliphatic heterocycles. The van der Waals surface area contributed by atoms with Gasteiger partial charge < -0.3 is 0 Å². The summed E-state index contributed by atoms with van der Waals surface area (Å²) in [4.78, 5) is 6.15. The Morgan fingerprint density at radius 3 is 2.26 bits per heavy atom. The second-order valence-corrected chi connectivity index (χ2v) is 9.99. The van der Waals surface area contributed by atoms with Gasteiger partial charge in [0.25, 0.3) is 0 Å². The number of thiophene rings is 1. The lowest BCUT2D eigenvalue weighted by atomic mass is 9.93. The smallest absolute Gasteiger partial charge is 0.0780 e. The van der Waals surface area contributed by atoms with E-state index >= 15 is 0 Å². The Kier molecular flexibility index (Phi) is 5.11. The predicted octanol–water partition coefficient (Wildman–Crippen LogP) is 9.03. The van der Waals surface area contributed by atoms with E-state index in [0.29, 0.717) is 11.8 Å². The van der Waals surface area contributed by atoms with E-state index in [2.05, 4.69) is 100 Å². The van der Waals surface area contributed by atoms with Gasteiger partial charge in [-0.1, -0.05) is 76.2 Å². The summed E-state index contributed by atoms with van der Waals surface area (Å²) in [6, 6.07) is 26.7. The molecule has 2 heterocycles. The highest BCUT2D eigenvalue weighted by atomic mass is 32.1. The summed E-state index contributed by atoms with van der Waals surface area (Å²) >= 11 is 1.87. The lowest BCUT2D eigenvalue weighted by molar-refractivity contribution is 0.868. The maximum absolute atomic E-state index is 4.83. The molecule has 0 spiro atoms. The van der Waals surface area contributed by atoms with Crippen molar-refractivity contribution in [2.24, 2.45) is 0 Å². The molecule has 2 aromatic heterocycles. The van der Waals surface area contributed by atoms with Gasteiger partial charge in [0.2, 0.25) is 0 Å². The summed E-state index contributed by atoms with van der Waals surface area (Å²) in [5, 5.41) is 3.85. The molecule has 0 aliphatic rings. The maximum atomic E-state index is 4.83. The topological polar surface area (TPSA) is 12.9 Å². The predicted molar refractivity (Wildman–Crippen MR) is 136 cm³/mol. The molecule has 5 rings (SSSR count). The molecule has 0 atom stereocenters. The Balaban J connectivity index is 1.72. The zero-order chi connectivity index (χ0) is 21.5. The Morgan fingerprint density at radius 1 is 0.710 bits per heavy atom. The zero-order valence-corrected chi connectivity index (χ0v) is 19.3. The van der Waals surface area contributed by atoms with E-state index in [-0.39, 0.29) is 0 Å². The SMILES string of the molecule is CC(C)c1ccc2c(-c3cc(C(C)C)c4cc(-c5ccccc5)sc4c3)nccc2c1. The first-order valence-corrected chi connectivity index (χ1v) is 11.8. The summed E-state index contributed by atoms with van der Waals surface area (Å²) in [5.41, 5.74) is 6.33. The van der Waals surface area contributed by atoms with Crippen molar-refractivity contribution in [3.8, 4) is 21.7 Å². The third-order valence-corrected chi connectivity index (χ3v) is 7.21. The second kappa shape index (κ2) is 7.94. The van der Waals surface area contributed by atoms with Crippen molar-refractivity contribution in [1.29, 1.82) is 0 Å². The van der Waals surface area contributed by atoms with Crippen LogP contribution in [0.15, 0.2) is 79.0 Å². The molecular formula is C29H27NS. The van der Waals surface area contributed by atoms with Crippen LogP contribution in [-0.2, 0) is 0 Å². The zero-order valence-electron chi connectivity index (χ0n) is 18.5. The van der Waals surface area contributed by atoms with Crippen molar-refractivity contribution in [2.45, 2.75) is 39.5 Å². The molecule has 0 N–H and O–H groups in total. The van der Waals surface area contributed by atoms with Gasteiger partial charge in [0.05, 0.1) is 5.69 Å². The standard InChI is InChI=1S/C29H27NS/c1-18(2)21-10-11-24-22(14-21)12-13-30-29(24)23-15-25(19(3)4)26-17-27(31-28(26)16-23)20-8-6-5-7-9-20/h5-19H,1-4H3. The lowest BCUT2D eigenvalue weighted by Gasteiger charge is -2.13. The van der Waals surface area contributed by atoms with Crippen molar-refractivity contribution in [3.63, 3.8) is 0 Å². The fourth-order valence-corrected chi connectivity index (χ4v) is 5.45.